The lowest BCUT2D eigenvalue weighted by atomic mass is 10.2. The average molecular weight is 414 g/mol. The Morgan fingerprint density at radius 2 is 1.76 bits per heavy atom. The van der Waals surface area contributed by atoms with Gasteiger partial charge in [-0.2, -0.15) is 4.98 Å². The van der Waals surface area contributed by atoms with Crippen molar-refractivity contribution in [1.29, 1.82) is 0 Å². The Kier molecular flexibility index (Phi) is 5.26. The van der Waals surface area contributed by atoms with Gasteiger partial charge in [-0.1, -0.05) is 11.6 Å². The van der Waals surface area contributed by atoms with Gasteiger partial charge >= 0.3 is 0 Å². The van der Waals surface area contributed by atoms with Crippen molar-refractivity contribution >= 4 is 34.9 Å². The van der Waals surface area contributed by atoms with Gasteiger partial charge in [0.1, 0.15) is 6.33 Å². The second-order valence-corrected chi connectivity index (χ2v) is 6.76. The first-order valence-electron chi connectivity index (χ1n) is 8.95. The van der Waals surface area contributed by atoms with E-state index in [-0.39, 0.29) is 0 Å². The SMILES string of the molecule is COc1cc(Nc2ncnc(N3CCc4cc(Cl)ccc43)n2)cc(OC)c1OC. The molecule has 0 saturated carbocycles. The number of anilines is 4. The van der Waals surface area contributed by atoms with E-state index in [0.29, 0.717) is 34.8 Å². The minimum absolute atomic E-state index is 0.409. The Labute approximate surface area is 173 Å². The van der Waals surface area contributed by atoms with Gasteiger partial charge in [-0.25, -0.2) is 9.97 Å². The Hall–Kier alpha value is -3.26. The summed E-state index contributed by atoms with van der Waals surface area (Å²) in [6, 6.07) is 9.42. The molecule has 4 rings (SSSR count). The van der Waals surface area contributed by atoms with Crippen molar-refractivity contribution < 1.29 is 14.2 Å². The number of nitrogens with one attached hydrogen (secondary N) is 1. The molecule has 0 fully saturated rings. The van der Waals surface area contributed by atoms with Crippen LogP contribution in [-0.4, -0.2) is 42.8 Å². The summed E-state index contributed by atoms with van der Waals surface area (Å²) >= 11 is 6.10. The van der Waals surface area contributed by atoms with Crippen LogP contribution in [-0.2, 0) is 6.42 Å². The van der Waals surface area contributed by atoms with Crippen LogP contribution in [0.3, 0.4) is 0 Å². The molecule has 0 saturated heterocycles. The maximum atomic E-state index is 6.10. The molecule has 8 nitrogen and oxygen atoms in total. The van der Waals surface area contributed by atoms with E-state index in [1.54, 1.807) is 33.5 Å². The highest BCUT2D eigenvalue weighted by Gasteiger charge is 2.23. The highest BCUT2D eigenvalue weighted by atomic mass is 35.5. The fourth-order valence-corrected chi connectivity index (χ4v) is 3.53. The molecule has 0 aliphatic carbocycles. The van der Waals surface area contributed by atoms with E-state index in [0.717, 1.165) is 23.7 Å². The maximum Gasteiger partial charge on any atom is 0.234 e. The molecule has 3 aromatic rings. The number of halogens is 1. The minimum atomic E-state index is 0.409. The first-order chi connectivity index (χ1) is 14.1. The van der Waals surface area contributed by atoms with Crippen molar-refractivity contribution in [2.75, 3.05) is 38.1 Å². The van der Waals surface area contributed by atoms with Crippen LogP contribution in [0.2, 0.25) is 5.02 Å². The number of aromatic nitrogens is 3. The second kappa shape index (κ2) is 8.00. The largest absolute Gasteiger partial charge is 0.493 e. The van der Waals surface area contributed by atoms with Gasteiger partial charge in [0.15, 0.2) is 11.5 Å². The molecule has 150 valence electrons. The zero-order chi connectivity index (χ0) is 20.4. The van der Waals surface area contributed by atoms with E-state index in [2.05, 4.69) is 20.3 Å². The summed E-state index contributed by atoms with van der Waals surface area (Å²) in [6.07, 6.45) is 2.37. The summed E-state index contributed by atoms with van der Waals surface area (Å²) < 4.78 is 16.1. The van der Waals surface area contributed by atoms with Crippen molar-refractivity contribution in [2.24, 2.45) is 0 Å². The van der Waals surface area contributed by atoms with Crippen LogP contribution in [0.4, 0.5) is 23.3 Å². The van der Waals surface area contributed by atoms with Crippen molar-refractivity contribution in [3.8, 4) is 17.2 Å². The smallest absolute Gasteiger partial charge is 0.234 e. The lowest BCUT2D eigenvalue weighted by Crippen LogP contribution is -2.17. The van der Waals surface area contributed by atoms with E-state index in [1.807, 2.05) is 23.1 Å². The average Bonchev–Trinajstić information content (AvgIpc) is 3.16. The standard InChI is InChI=1S/C20H20ClN5O3/c1-27-16-9-14(10-17(28-2)18(16)29-3)24-19-22-11-23-20(25-19)26-7-6-12-8-13(21)4-5-15(12)26/h4-5,8-11H,6-7H2,1-3H3,(H,22,23,24,25). The fraction of sp³-hybridized carbons (Fsp3) is 0.250. The molecule has 29 heavy (non-hydrogen) atoms. The molecular weight excluding hydrogens is 394 g/mol. The Bertz CT molecular complexity index is 1020. The molecule has 0 radical (unpaired) electrons. The predicted octanol–water partition coefficient (Wildman–Crippen LogP) is 3.99. The molecule has 2 heterocycles. The number of hydrogen-bond donors (Lipinski definition) is 1. The lowest BCUT2D eigenvalue weighted by Gasteiger charge is -2.18. The van der Waals surface area contributed by atoms with Gasteiger partial charge in [0.05, 0.1) is 21.3 Å². The third-order valence-electron chi connectivity index (χ3n) is 4.66. The third-order valence-corrected chi connectivity index (χ3v) is 4.89. The quantitative estimate of drug-likeness (QED) is 0.649. The van der Waals surface area contributed by atoms with Crippen molar-refractivity contribution in [3.05, 3.63) is 47.2 Å². The zero-order valence-corrected chi connectivity index (χ0v) is 17.0. The summed E-state index contributed by atoms with van der Waals surface area (Å²) in [5.74, 6) is 2.56. The van der Waals surface area contributed by atoms with Crippen molar-refractivity contribution in [1.82, 2.24) is 15.0 Å². The molecule has 1 aliphatic rings. The summed E-state index contributed by atoms with van der Waals surface area (Å²) in [5, 5.41) is 3.90. The van der Waals surface area contributed by atoms with Gasteiger partial charge in [-0.15, -0.1) is 0 Å². The van der Waals surface area contributed by atoms with Crippen LogP contribution >= 0.6 is 11.6 Å². The molecule has 0 atom stereocenters. The summed E-state index contributed by atoms with van der Waals surface area (Å²) in [7, 11) is 4.70. The van der Waals surface area contributed by atoms with Crippen LogP contribution in [0.25, 0.3) is 0 Å². The van der Waals surface area contributed by atoms with E-state index < -0.39 is 0 Å². The van der Waals surface area contributed by atoms with Crippen LogP contribution in [0.1, 0.15) is 5.56 Å². The molecule has 0 unspecified atom stereocenters. The number of nitrogens with zero attached hydrogens (tertiary/aromatic N) is 4. The number of methoxy groups -OCH3 is 3. The van der Waals surface area contributed by atoms with Gasteiger partial charge in [0, 0.05) is 35.1 Å². The second-order valence-electron chi connectivity index (χ2n) is 6.32. The molecule has 1 aliphatic heterocycles. The topological polar surface area (TPSA) is 81.6 Å². The molecule has 0 bridgehead atoms. The van der Waals surface area contributed by atoms with E-state index >= 15 is 0 Å². The highest BCUT2D eigenvalue weighted by Crippen LogP contribution is 2.40. The Morgan fingerprint density at radius 3 is 2.45 bits per heavy atom. The highest BCUT2D eigenvalue weighted by molar-refractivity contribution is 6.30. The van der Waals surface area contributed by atoms with Gasteiger partial charge in [-0.05, 0) is 30.2 Å². The van der Waals surface area contributed by atoms with Crippen LogP contribution in [0, 0.1) is 0 Å². The maximum absolute atomic E-state index is 6.10. The van der Waals surface area contributed by atoms with Crippen molar-refractivity contribution in [3.63, 3.8) is 0 Å². The molecule has 1 N–H and O–H groups in total. The minimum Gasteiger partial charge on any atom is -0.493 e. The van der Waals surface area contributed by atoms with E-state index in [9.17, 15) is 0 Å². The fourth-order valence-electron chi connectivity index (χ4n) is 3.34. The molecule has 1 aromatic heterocycles. The number of benzene rings is 2. The Morgan fingerprint density at radius 1 is 1.00 bits per heavy atom. The van der Waals surface area contributed by atoms with Gasteiger partial charge < -0.3 is 24.4 Å². The van der Waals surface area contributed by atoms with Gasteiger partial charge in [0.2, 0.25) is 17.6 Å². The van der Waals surface area contributed by atoms with Crippen LogP contribution in [0.15, 0.2) is 36.7 Å². The molecular formula is C20H20ClN5O3. The number of rotatable bonds is 6. The number of ether oxygens (including phenoxy) is 3. The number of fused-ring (bicyclic) bond motifs is 1. The number of hydrogen-bond acceptors (Lipinski definition) is 8. The monoisotopic (exact) mass is 413 g/mol. The molecule has 0 spiro atoms. The predicted molar refractivity (Wildman–Crippen MR) is 111 cm³/mol. The molecule has 0 amide bonds. The van der Waals surface area contributed by atoms with E-state index in [4.69, 9.17) is 25.8 Å². The van der Waals surface area contributed by atoms with Crippen LogP contribution < -0.4 is 24.4 Å². The summed E-state index contributed by atoms with van der Waals surface area (Å²) in [5.41, 5.74) is 2.93. The van der Waals surface area contributed by atoms with Crippen molar-refractivity contribution in [2.45, 2.75) is 6.42 Å². The molecule has 9 heteroatoms. The lowest BCUT2D eigenvalue weighted by molar-refractivity contribution is 0.324. The van der Waals surface area contributed by atoms with Gasteiger partial charge in [-0.3, -0.25) is 0 Å². The Balaban J connectivity index is 1.63. The normalized spacial score (nSPS) is 12.5. The third kappa shape index (κ3) is 3.71. The summed E-state index contributed by atoms with van der Waals surface area (Å²) in [4.78, 5) is 15.2. The summed E-state index contributed by atoms with van der Waals surface area (Å²) in [6.45, 7) is 0.781. The first kappa shape index (κ1) is 19.1. The van der Waals surface area contributed by atoms with Crippen LogP contribution in [0.5, 0.6) is 17.2 Å². The molecule has 2 aromatic carbocycles. The zero-order valence-electron chi connectivity index (χ0n) is 16.3. The first-order valence-corrected chi connectivity index (χ1v) is 9.32. The van der Waals surface area contributed by atoms with E-state index in [1.165, 1.54) is 11.9 Å². The van der Waals surface area contributed by atoms with Gasteiger partial charge in [0.25, 0.3) is 0 Å².